The quantitative estimate of drug-likeness (QED) is 0.159. The van der Waals surface area contributed by atoms with Gasteiger partial charge in [0.25, 0.3) is 0 Å². The second-order valence-electron chi connectivity index (χ2n) is 18.7. The fourth-order valence-electron chi connectivity index (χ4n) is 11.5. The highest BCUT2D eigenvalue weighted by atomic mass is 16.3. The summed E-state index contributed by atoms with van der Waals surface area (Å²) in [7, 11) is 0. The number of hydrogen-bond donors (Lipinski definition) is 0. The lowest BCUT2D eigenvalue weighted by atomic mass is 9.75. The molecule has 2 atom stereocenters. The number of anilines is 3. The molecule has 0 bridgehead atoms. The molecule has 3 aliphatic rings. The lowest BCUT2D eigenvalue weighted by Gasteiger charge is -2.29. The minimum atomic E-state index is 0.357. The summed E-state index contributed by atoms with van der Waals surface area (Å²) in [5, 5.41) is 6.09. The van der Waals surface area contributed by atoms with Crippen LogP contribution in [0, 0.1) is 5.92 Å². The van der Waals surface area contributed by atoms with Crippen LogP contribution in [0.3, 0.4) is 0 Å². The van der Waals surface area contributed by atoms with E-state index in [-0.39, 0.29) is 0 Å². The molecule has 0 N–H and O–H groups in total. The number of fused-ring (bicyclic) bond motifs is 10. The number of aromatic nitrogens is 1. The Morgan fingerprint density at radius 2 is 1.14 bits per heavy atom. The van der Waals surface area contributed by atoms with Crippen LogP contribution in [0.25, 0.3) is 90.1 Å². The number of para-hydroxylation sites is 3. The van der Waals surface area contributed by atoms with Crippen LogP contribution in [0.5, 0.6) is 0 Å². The van der Waals surface area contributed by atoms with Crippen molar-refractivity contribution in [1.82, 2.24) is 4.57 Å². The molecule has 3 heteroatoms. The molecule has 0 saturated carbocycles. The SMILES string of the molecule is C1=CC2C=Cc3c(-c4ccc(N(c5ccc(-c6cccc(-n7c8ccccc8c8ccccc87)c6)cc5)c5ccccc5-c5cccc6oc7c(c56)C=c5ccccc5=CC7)cc4)cccc3C2C=C1. The van der Waals surface area contributed by atoms with Crippen molar-refractivity contribution in [1.29, 1.82) is 0 Å². The summed E-state index contributed by atoms with van der Waals surface area (Å²) in [5.41, 5.74) is 18.6. The average molecular weight is 895 g/mol. The lowest BCUT2D eigenvalue weighted by Crippen LogP contribution is -2.22. The highest BCUT2D eigenvalue weighted by Gasteiger charge is 2.26. The summed E-state index contributed by atoms with van der Waals surface area (Å²) in [4.78, 5) is 2.42. The Kier molecular flexibility index (Phi) is 9.41. The maximum atomic E-state index is 6.70. The van der Waals surface area contributed by atoms with E-state index in [4.69, 9.17) is 4.42 Å². The van der Waals surface area contributed by atoms with Crippen molar-refractivity contribution in [2.75, 3.05) is 4.90 Å². The van der Waals surface area contributed by atoms with Crippen LogP contribution >= 0.6 is 0 Å². The van der Waals surface area contributed by atoms with E-state index in [1.54, 1.807) is 0 Å². The van der Waals surface area contributed by atoms with Gasteiger partial charge in [0, 0.05) is 62.6 Å². The van der Waals surface area contributed by atoms with Crippen molar-refractivity contribution in [3.63, 3.8) is 0 Å². The van der Waals surface area contributed by atoms with Crippen molar-refractivity contribution in [2.24, 2.45) is 5.92 Å². The number of benzene rings is 9. The summed E-state index contributed by atoms with van der Waals surface area (Å²) >= 11 is 0. The maximum Gasteiger partial charge on any atom is 0.135 e. The third kappa shape index (κ3) is 6.58. The smallest absolute Gasteiger partial charge is 0.135 e. The average Bonchev–Trinajstić information content (AvgIpc) is 3.89. The molecule has 0 saturated heterocycles. The van der Waals surface area contributed by atoms with Crippen LogP contribution in [-0.4, -0.2) is 4.57 Å². The van der Waals surface area contributed by atoms with E-state index in [9.17, 15) is 0 Å². The van der Waals surface area contributed by atoms with Gasteiger partial charge >= 0.3 is 0 Å². The largest absolute Gasteiger partial charge is 0.460 e. The molecule has 2 heterocycles. The molecule has 2 unspecified atom stereocenters. The predicted molar refractivity (Wildman–Crippen MR) is 293 cm³/mol. The highest BCUT2D eigenvalue weighted by molar-refractivity contribution is 6.09. The Morgan fingerprint density at radius 3 is 1.96 bits per heavy atom. The first-order valence-electron chi connectivity index (χ1n) is 24.4. The fraction of sp³-hybridized carbons (Fsp3) is 0.0448. The normalized spacial score (nSPS) is 15.4. The van der Waals surface area contributed by atoms with E-state index in [1.165, 1.54) is 54.5 Å². The molecule has 3 aliphatic carbocycles. The van der Waals surface area contributed by atoms with E-state index in [2.05, 4.69) is 264 Å². The fourth-order valence-corrected chi connectivity index (χ4v) is 11.5. The standard InChI is InChI=1S/C67H46N2O/c1-2-16-49-43-61-65(41-35-44(49)14-1)70-66-29-13-25-60(67(61)66)59-22-7-8-26-62(59)68(51-38-32-47(33-39-51)54-23-12-24-55-53-19-4-3-15-46(53)34-40-56(54)55)50-36-30-45(31-37-50)48-17-11-18-52(42-48)69-63-27-9-5-20-57(63)58-21-6-10-28-64(58)69/h1-40,42-43,46,53H,41H2. The number of hydrogen-bond acceptors (Lipinski definition) is 2. The van der Waals surface area contributed by atoms with Crippen LogP contribution < -0.4 is 15.3 Å². The number of allylic oxidation sites excluding steroid dienone is 5. The van der Waals surface area contributed by atoms with Crippen molar-refractivity contribution in [3.05, 3.63) is 270 Å². The first-order valence-corrected chi connectivity index (χ1v) is 24.4. The third-order valence-electron chi connectivity index (χ3n) is 14.8. The molecule has 0 spiro atoms. The molecule has 0 amide bonds. The van der Waals surface area contributed by atoms with E-state index < -0.39 is 0 Å². The summed E-state index contributed by atoms with van der Waals surface area (Å²) in [5.74, 6) is 1.75. The highest BCUT2D eigenvalue weighted by Crippen LogP contribution is 2.47. The molecular formula is C67H46N2O. The second kappa shape index (κ2) is 16.4. The van der Waals surface area contributed by atoms with E-state index >= 15 is 0 Å². The van der Waals surface area contributed by atoms with Crippen LogP contribution in [0.15, 0.2) is 241 Å². The number of furan rings is 1. The van der Waals surface area contributed by atoms with E-state index in [0.717, 1.165) is 73.7 Å². The first-order chi connectivity index (χ1) is 34.7. The monoisotopic (exact) mass is 894 g/mol. The molecular weight excluding hydrogens is 849 g/mol. The lowest BCUT2D eigenvalue weighted by molar-refractivity contribution is 0.568. The first kappa shape index (κ1) is 40.2. The molecule has 0 radical (unpaired) electrons. The van der Waals surface area contributed by atoms with Gasteiger partial charge in [-0.3, -0.25) is 0 Å². The maximum absolute atomic E-state index is 6.70. The van der Waals surface area contributed by atoms with Crippen LogP contribution in [0.4, 0.5) is 17.1 Å². The van der Waals surface area contributed by atoms with E-state index in [0.29, 0.717) is 11.8 Å². The van der Waals surface area contributed by atoms with Gasteiger partial charge in [-0.05, 0) is 116 Å². The molecule has 14 rings (SSSR count). The second-order valence-corrected chi connectivity index (χ2v) is 18.7. The topological polar surface area (TPSA) is 21.3 Å². The van der Waals surface area contributed by atoms with Crippen molar-refractivity contribution in [2.45, 2.75) is 12.3 Å². The van der Waals surface area contributed by atoms with Crippen LogP contribution in [0.1, 0.15) is 28.4 Å². The van der Waals surface area contributed by atoms with Gasteiger partial charge in [0.05, 0.1) is 16.7 Å². The Labute approximate surface area is 406 Å². The van der Waals surface area contributed by atoms with Gasteiger partial charge in [-0.15, -0.1) is 0 Å². The van der Waals surface area contributed by atoms with Crippen LogP contribution in [-0.2, 0) is 6.42 Å². The van der Waals surface area contributed by atoms with Gasteiger partial charge in [0.2, 0.25) is 0 Å². The van der Waals surface area contributed by atoms with Gasteiger partial charge in [-0.1, -0.05) is 188 Å². The predicted octanol–water partition coefficient (Wildman–Crippen LogP) is 16.0. The Balaban J connectivity index is 0.902. The molecule has 70 heavy (non-hydrogen) atoms. The summed E-state index contributed by atoms with van der Waals surface area (Å²) in [6.07, 6.45) is 19.0. The summed E-state index contributed by atoms with van der Waals surface area (Å²) in [6.45, 7) is 0. The van der Waals surface area contributed by atoms with Gasteiger partial charge in [0.15, 0.2) is 0 Å². The molecule has 0 aliphatic heterocycles. The minimum absolute atomic E-state index is 0.357. The van der Waals surface area contributed by atoms with E-state index in [1.807, 2.05) is 0 Å². The number of nitrogens with zero attached hydrogens (tertiary/aromatic N) is 2. The van der Waals surface area contributed by atoms with Crippen molar-refractivity contribution < 1.29 is 4.42 Å². The summed E-state index contributed by atoms with van der Waals surface area (Å²) in [6, 6.07) is 75.4. The Hall–Kier alpha value is -8.92. The molecule has 2 aromatic heterocycles. The van der Waals surface area contributed by atoms with Gasteiger partial charge in [-0.25, -0.2) is 0 Å². The van der Waals surface area contributed by atoms with Crippen molar-refractivity contribution >= 4 is 68.1 Å². The van der Waals surface area contributed by atoms with Crippen LogP contribution in [0.2, 0.25) is 0 Å². The Bertz CT molecular complexity index is 4050. The third-order valence-corrected chi connectivity index (χ3v) is 14.8. The van der Waals surface area contributed by atoms with Gasteiger partial charge < -0.3 is 13.9 Å². The molecule has 9 aromatic carbocycles. The zero-order valence-electron chi connectivity index (χ0n) is 38.4. The van der Waals surface area contributed by atoms with Gasteiger partial charge in [-0.2, -0.15) is 0 Å². The molecule has 0 fully saturated rings. The molecule has 11 aromatic rings. The van der Waals surface area contributed by atoms with Gasteiger partial charge in [0.1, 0.15) is 11.3 Å². The summed E-state index contributed by atoms with van der Waals surface area (Å²) < 4.78 is 9.09. The molecule has 3 nitrogen and oxygen atoms in total. The Morgan fingerprint density at radius 1 is 0.486 bits per heavy atom. The van der Waals surface area contributed by atoms with Crippen molar-refractivity contribution in [3.8, 4) is 39.1 Å². The zero-order valence-corrected chi connectivity index (χ0v) is 38.4. The number of rotatable bonds is 7. The minimum Gasteiger partial charge on any atom is -0.460 e. The molecule has 330 valence electrons. The zero-order chi connectivity index (χ0) is 46.1.